The van der Waals surface area contributed by atoms with Crippen molar-refractivity contribution in [1.82, 2.24) is 0 Å². The molecule has 7 nitrogen and oxygen atoms in total. The van der Waals surface area contributed by atoms with Crippen LogP contribution >= 0.6 is 0 Å². The van der Waals surface area contributed by atoms with E-state index in [0.29, 0.717) is 29.5 Å². The van der Waals surface area contributed by atoms with Gasteiger partial charge >= 0.3 is 0 Å². The van der Waals surface area contributed by atoms with E-state index >= 15 is 0 Å². The van der Waals surface area contributed by atoms with Crippen LogP contribution in [0.1, 0.15) is 13.8 Å². The molecule has 2 amide bonds. The first-order valence-electron chi connectivity index (χ1n) is 8.27. The molecule has 0 fully saturated rings. The molecule has 0 aromatic heterocycles. The highest BCUT2D eigenvalue weighted by Gasteiger charge is 2.20. The Kier molecular flexibility index (Phi) is 5.26. The van der Waals surface area contributed by atoms with Gasteiger partial charge in [0.05, 0.1) is 6.61 Å². The van der Waals surface area contributed by atoms with Crippen LogP contribution in [0.3, 0.4) is 0 Å². The summed E-state index contributed by atoms with van der Waals surface area (Å²) < 4.78 is 16.0. The van der Waals surface area contributed by atoms with Crippen molar-refractivity contribution in [3.05, 3.63) is 42.5 Å². The minimum Gasteiger partial charge on any atom is -0.494 e. The number of benzene rings is 2. The number of hydrogen-bond donors (Lipinski definition) is 1. The molecule has 1 heterocycles. The van der Waals surface area contributed by atoms with E-state index in [1.54, 1.807) is 42.5 Å². The van der Waals surface area contributed by atoms with E-state index in [2.05, 4.69) is 5.32 Å². The van der Waals surface area contributed by atoms with Gasteiger partial charge in [-0.25, -0.2) is 0 Å². The number of ether oxygens (including phenoxy) is 3. The van der Waals surface area contributed by atoms with Gasteiger partial charge < -0.3 is 24.4 Å². The fraction of sp³-hybridized carbons (Fsp3) is 0.263. The molecular weight excluding hydrogens is 336 g/mol. The highest BCUT2D eigenvalue weighted by Crippen LogP contribution is 2.35. The smallest absolute Gasteiger partial charge is 0.244 e. The van der Waals surface area contributed by atoms with Crippen molar-refractivity contribution in [2.24, 2.45) is 0 Å². The molecule has 2 aromatic rings. The first kappa shape index (κ1) is 17.6. The lowest BCUT2D eigenvalue weighted by atomic mass is 10.2. The summed E-state index contributed by atoms with van der Waals surface area (Å²) in [5.74, 6) is 1.36. The number of carbonyl (C=O) groups excluding carboxylic acids is 2. The Hall–Kier alpha value is -3.22. The first-order valence-corrected chi connectivity index (χ1v) is 8.27. The highest BCUT2D eigenvalue weighted by molar-refractivity contribution is 6.02. The molecule has 136 valence electrons. The van der Waals surface area contributed by atoms with Crippen molar-refractivity contribution >= 4 is 23.2 Å². The first-order chi connectivity index (χ1) is 12.6. The van der Waals surface area contributed by atoms with Gasteiger partial charge in [0, 0.05) is 24.4 Å². The number of carbonyl (C=O) groups is 2. The van der Waals surface area contributed by atoms with Crippen LogP contribution in [0.15, 0.2) is 42.5 Å². The summed E-state index contributed by atoms with van der Waals surface area (Å²) >= 11 is 0. The van der Waals surface area contributed by atoms with E-state index in [1.807, 2.05) is 6.92 Å². The van der Waals surface area contributed by atoms with Crippen LogP contribution in [0.2, 0.25) is 0 Å². The highest BCUT2D eigenvalue weighted by atomic mass is 16.7. The molecule has 2 aromatic carbocycles. The van der Waals surface area contributed by atoms with Gasteiger partial charge in [-0.1, -0.05) is 0 Å². The topological polar surface area (TPSA) is 77.1 Å². The van der Waals surface area contributed by atoms with Gasteiger partial charge in [-0.15, -0.1) is 0 Å². The molecule has 0 saturated carbocycles. The van der Waals surface area contributed by atoms with E-state index in [4.69, 9.17) is 14.2 Å². The molecule has 0 radical (unpaired) electrons. The van der Waals surface area contributed by atoms with E-state index in [0.717, 1.165) is 5.75 Å². The van der Waals surface area contributed by atoms with Crippen LogP contribution in [0, 0.1) is 0 Å². The molecule has 7 heteroatoms. The lowest BCUT2D eigenvalue weighted by Gasteiger charge is -2.21. The van der Waals surface area contributed by atoms with E-state index in [-0.39, 0.29) is 25.2 Å². The van der Waals surface area contributed by atoms with Crippen molar-refractivity contribution in [1.29, 1.82) is 0 Å². The van der Waals surface area contributed by atoms with Gasteiger partial charge in [-0.2, -0.15) is 0 Å². The van der Waals surface area contributed by atoms with Crippen molar-refractivity contribution < 1.29 is 23.8 Å². The molecule has 1 aliphatic heterocycles. The molecule has 0 atom stereocenters. The largest absolute Gasteiger partial charge is 0.494 e. The zero-order valence-electron chi connectivity index (χ0n) is 14.7. The Bertz CT molecular complexity index is 804. The summed E-state index contributed by atoms with van der Waals surface area (Å²) in [7, 11) is 0. The van der Waals surface area contributed by atoms with Gasteiger partial charge in [0.2, 0.25) is 18.6 Å². The summed E-state index contributed by atoms with van der Waals surface area (Å²) in [5.41, 5.74) is 1.20. The molecule has 0 saturated heterocycles. The summed E-state index contributed by atoms with van der Waals surface area (Å²) in [5, 5.41) is 2.77. The van der Waals surface area contributed by atoms with Crippen LogP contribution in [0.25, 0.3) is 0 Å². The minimum absolute atomic E-state index is 0.109. The average molecular weight is 356 g/mol. The van der Waals surface area contributed by atoms with Crippen LogP contribution in [0.4, 0.5) is 11.4 Å². The summed E-state index contributed by atoms with van der Waals surface area (Å²) in [6.07, 6.45) is 0. The monoisotopic (exact) mass is 356 g/mol. The quantitative estimate of drug-likeness (QED) is 0.861. The molecule has 26 heavy (non-hydrogen) atoms. The SMILES string of the molecule is CCOc1ccc(NC(=O)CN(C(C)=O)c2ccc3c(c2)OCO3)cc1. The Morgan fingerprint density at radius 1 is 1.12 bits per heavy atom. The molecule has 0 unspecified atom stereocenters. The molecular formula is C19H20N2O5. The average Bonchev–Trinajstić information content (AvgIpc) is 3.09. The molecule has 3 rings (SSSR count). The standard InChI is InChI=1S/C19H20N2O5/c1-3-24-16-7-4-14(5-8-16)20-19(23)11-21(13(2)22)15-6-9-17-18(10-15)26-12-25-17/h4-10H,3,11-12H2,1-2H3,(H,20,23). The van der Waals surface area contributed by atoms with E-state index in [9.17, 15) is 9.59 Å². The fourth-order valence-electron chi connectivity index (χ4n) is 2.58. The molecule has 1 N–H and O–H groups in total. The maximum atomic E-state index is 12.4. The number of amides is 2. The van der Waals surface area contributed by atoms with Crippen LogP contribution in [-0.2, 0) is 9.59 Å². The second-order valence-electron chi connectivity index (χ2n) is 5.65. The van der Waals surface area contributed by atoms with Gasteiger partial charge in [-0.05, 0) is 43.3 Å². The third-order valence-electron chi connectivity index (χ3n) is 3.80. The molecule has 0 bridgehead atoms. The molecule has 1 aliphatic rings. The Morgan fingerprint density at radius 3 is 2.54 bits per heavy atom. The second kappa shape index (κ2) is 7.77. The number of fused-ring (bicyclic) bond motifs is 1. The van der Waals surface area contributed by atoms with Crippen LogP contribution in [-0.4, -0.2) is 31.8 Å². The van der Waals surface area contributed by atoms with E-state index in [1.165, 1.54) is 11.8 Å². The summed E-state index contributed by atoms with van der Waals surface area (Å²) in [4.78, 5) is 25.7. The normalized spacial score (nSPS) is 11.8. The number of rotatable bonds is 6. The summed E-state index contributed by atoms with van der Waals surface area (Å²) in [6, 6.07) is 12.2. The zero-order chi connectivity index (χ0) is 18.5. The maximum absolute atomic E-state index is 12.4. The Morgan fingerprint density at radius 2 is 1.85 bits per heavy atom. The lowest BCUT2D eigenvalue weighted by molar-refractivity contribution is -0.120. The second-order valence-corrected chi connectivity index (χ2v) is 5.65. The Balaban J connectivity index is 1.67. The maximum Gasteiger partial charge on any atom is 0.244 e. The van der Waals surface area contributed by atoms with Crippen molar-refractivity contribution in [3.8, 4) is 17.2 Å². The number of anilines is 2. The predicted octanol–water partition coefficient (Wildman–Crippen LogP) is 2.81. The Labute approximate surface area is 151 Å². The van der Waals surface area contributed by atoms with Crippen LogP contribution < -0.4 is 24.4 Å². The van der Waals surface area contributed by atoms with Crippen molar-refractivity contribution in [2.75, 3.05) is 30.2 Å². The van der Waals surface area contributed by atoms with Gasteiger partial charge in [0.15, 0.2) is 11.5 Å². The third kappa shape index (κ3) is 4.05. The fourth-order valence-corrected chi connectivity index (χ4v) is 2.58. The van der Waals surface area contributed by atoms with E-state index < -0.39 is 0 Å². The van der Waals surface area contributed by atoms with Gasteiger partial charge in [0.1, 0.15) is 12.3 Å². The summed E-state index contributed by atoms with van der Waals surface area (Å²) in [6.45, 7) is 3.94. The number of nitrogens with zero attached hydrogens (tertiary/aromatic N) is 1. The third-order valence-corrected chi connectivity index (χ3v) is 3.80. The van der Waals surface area contributed by atoms with Gasteiger partial charge in [0.25, 0.3) is 0 Å². The predicted molar refractivity (Wildman–Crippen MR) is 96.8 cm³/mol. The minimum atomic E-state index is -0.304. The van der Waals surface area contributed by atoms with Crippen molar-refractivity contribution in [2.45, 2.75) is 13.8 Å². The van der Waals surface area contributed by atoms with Crippen LogP contribution in [0.5, 0.6) is 17.2 Å². The number of nitrogens with one attached hydrogen (secondary N) is 1. The van der Waals surface area contributed by atoms with Gasteiger partial charge in [-0.3, -0.25) is 9.59 Å². The lowest BCUT2D eigenvalue weighted by Crippen LogP contribution is -2.36. The molecule has 0 aliphatic carbocycles. The molecule has 0 spiro atoms. The van der Waals surface area contributed by atoms with Crippen molar-refractivity contribution in [3.63, 3.8) is 0 Å². The zero-order valence-corrected chi connectivity index (χ0v) is 14.7. The number of hydrogen-bond acceptors (Lipinski definition) is 5.